The van der Waals surface area contributed by atoms with Gasteiger partial charge < -0.3 is 103 Å². The van der Waals surface area contributed by atoms with Crippen molar-refractivity contribution in [1.82, 2.24) is 0 Å². The summed E-state index contributed by atoms with van der Waals surface area (Å²) in [5.74, 6) is 5.52. The van der Waals surface area contributed by atoms with Crippen LogP contribution in [0.2, 0.25) is 0 Å². The number of aryl methyl sites for hydroxylation is 1. The number of hydrogen-bond donors (Lipinski definition) is 9. The van der Waals surface area contributed by atoms with Crippen LogP contribution in [0, 0.1) is 6.92 Å². The summed E-state index contributed by atoms with van der Waals surface area (Å²) in [5.41, 5.74) is 5.53. The van der Waals surface area contributed by atoms with Crippen LogP contribution in [0.25, 0.3) is 0 Å². The van der Waals surface area contributed by atoms with E-state index in [9.17, 15) is 10.2 Å². The Bertz CT molecular complexity index is 2240. The summed E-state index contributed by atoms with van der Waals surface area (Å²) in [6.45, 7) is 9.80. The zero-order valence-electron chi connectivity index (χ0n) is 52.5. The molecule has 0 aliphatic heterocycles. The Morgan fingerprint density at radius 3 is 0.880 bits per heavy atom. The molecule has 0 saturated carbocycles. The number of phenolic OH excluding ortho intramolecular Hbond substituents is 2. The fourth-order valence-electron chi connectivity index (χ4n) is 5.95. The Labute approximate surface area is 493 Å². The lowest BCUT2D eigenvalue weighted by molar-refractivity contribution is 0.277. The highest BCUT2D eigenvalue weighted by molar-refractivity contribution is 5.54. The Hall–Kier alpha value is -7.44. The molecule has 0 radical (unpaired) electrons. The number of phenols is 2. The monoisotopic (exact) mass is 1180 g/mol. The van der Waals surface area contributed by atoms with Crippen LogP contribution in [0.5, 0.6) is 69.0 Å². The molecule has 0 unspecified atom stereocenters. The third-order valence-electron chi connectivity index (χ3n) is 9.56. The highest BCUT2D eigenvalue weighted by Crippen LogP contribution is 2.38. The molecule has 0 aromatic heterocycles. The number of rotatable bonds is 16. The second-order valence-electron chi connectivity index (χ2n) is 15.0. The van der Waals surface area contributed by atoms with E-state index in [0.717, 1.165) is 52.2 Å². The zero-order chi connectivity index (χ0) is 64.7. The minimum absolute atomic E-state index is 0.00639. The predicted octanol–water partition coefficient (Wildman–Crippen LogP) is 9.07. The molecule has 0 saturated heterocycles. The van der Waals surface area contributed by atoms with Gasteiger partial charge in [-0.25, -0.2) is 0 Å². The van der Waals surface area contributed by atoms with Gasteiger partial charge in [0, 0.05) is 41.6 Å². The van der Waals surface area contributed by atoms with Crippen molar-refractivity contribution in [2.75, 3.05) is 107 Å². The number of benzene rings is 6. The molecule has 0 aliphatic carbocycles. The summed E-state index contributed by atoms with van der Waals surface area (Å²) in [4.78, 5) is 0. The van der Waals surface area contributed by atoms with E-state index in [0.29, 0.717) is 45.6 Å². The number of aliphatic hydroxyl groups is 7. The van der Waals surface area contributed by atoms with Crippen LogP contribution in [0.15, 0.2) is 103 Å². The molecule has 83 heavy (non-hydrogen) atoms. The average molecular weight is 1180 g/mol. The topological polar surface area (TPSA) is 293 Å². The van der Waals surface area contributed by atoms with Gasteiger partial charge in [0.25, 0.3) is 0 Å². The number of aromatic hydroxyl groups is 2. The Morgan fingerprint density at radius 2 is 0.578 bits per heavy atom. The zero-order valence-corrected chi connectivity index (χ0v) is 52.5. The van der Waals surface area contributed by atoms with Crippen molar-refractivity contribution in [2.24, 2.45) is 0 Å². The van der Waals surface area contributed by atoms with Crippen LogP contribution in [0.1, 0.15) is 66.6 Å². The van der Waals surface area contributed by atoms with E-state index in [-0.39, 0.29) is 56.9 Å². The Morgan fingerprint density at radius 1 is 0.301 bits per heavy atom. The second-order valence-corrected chi connectivity index (χ2v) is 15.0. The summed E-state index contributed by atoms with van der Waals surface area (Å²) in [5, 5.41) is 78.8. The highest BCUT2D eigenvalue weighted by atomic mass is 16.5. The minimum Gasteiger partial charge on any atom is -0.504 e. The van der Waals surface area contributed by atoms with Gasteiger partial charge in [0.2, 0.25) is 11.5 Å². The summed E-state index contributed by atoms with van der Waals surface area (Å²) in [6.07, 6.45) is 0. The molecular formula is C62H98O21. The first-order valence-corrected chi connectivity index (χ1v) is 25.5. The lowest BCUT2D eigenvalue weighted by Crippen LogP contribution is -1.95. The van der Waals surface area contributed by atoms with E-state index < -0.39 is 0 Å². The van der Waals surface area contributed by atoms with Crippen molar-refractivity contribution in [3.8, 4) is 69.0 Å². The van der Waals surface area contributed by atoms with Gasteiger partial charge in [-0.2, -0.15) is 0 Å². The molecule has 0 aliphatic rings. The van der Waals surface area contributed by atoms with Gasteiger partial charge in [-0.15, -0.1) is 0 Å². The van der Waals surface area contributed by atoms with E-state index >= 15 is 0 Å². The lowest BCUT2D eigenvalue weighted by Gasteiger charge is -2.11. The van der Waals surface area contributed by atoms with E-state index in [1.807, 2.05) is 77.1 Å². The van der Waals surface area contributed by atoms with E-state index in [2.05, 4.69) is 9.47 Å². The van der Waals surface area contributed by atoms with Crippen LogP contribution < -0.4 is 47.4 Å². The van der Waals surface area contributed by atoms with Crippen LogP contribution >= 0.6 is 0 Å². The fraction of sp³-hybridized carbons (Fsp3) is 0.419. The fourth-order valence-corrected chi connectivity index (χ4v) is 5.95. The summed E-state index contributed by atoms with van der Waals surface area (Å²) in [7, 11) is 22.8. The first kappa shape index (κ1) is 84.4. The van der Waals surface area contributed by atoms with Gasteiger partial charge in [-0.1, -0.05) is 52.0 Å². The molecule has 0 bridgehead atoms. The average Bonchev–Trinajstić information content (AvgIpc) is 3.54. The SMILES string of the molecule is CC.CC.CO.COC.COC.COc1cc(CO)cc(C)c1OC.COc1cc(CO)cc(O)c1OC.COc1cc(CO)cc(OC)c1.COc1cc(CO)cc(OC)c1O.COc1cccc(CO)c1.COc1cccc(CO)c1. The standard InChI is InChI=1S/C10H14O3.2C9H12O4.C9H12O3.2C8H10O2.2C2H6O.2C2H6.CH4O/c1-7-4-8(6-11)5-9(12-2)10(7)13-3;1-12-7-3-6(5-10)4-8(13-2)9(7)11;1-12-8-4-6(5-10)3-7(11)9(8)13-2;1-11-8-3-7(6-10)4-9(5-8)12-2;2*1-10-8-4-2-3-7(5-8)6-9;2*1-3-2;3*1-2/h4-5,11H,6H2,1-3H3;2*3-4,10-11H,5H2,1-2H3;3-5,10H,6H2,1-2H3;2*2-5,9H,6H2,1H3;2*1-2H3;2*1-2H3;2H,1H3. The maximum absolute atomic E-state index is 9.48. The van der Waals surface area contributed by atoms with E-state index in [1.54, 1.807) is 126 Å². The maximum Gasteiger partial charge on any atom is 0.203 e. The summed E-state index contributed by atoms with van der Waals surface area (Å²) >= 11 is 0. The van der Waals surface area contributed by atoms with Gasteiger partial charge in [-0.05, 0) is 119 Å². The first-order valence-electron chi connectivity index (χ1n) is 25.5. The van der Waals surface area contributed by atoms with Gasteiger partial charge in [0.15, 0.2) is 34.5 Å². The molecule has 472 valence electrons. The molecule has 0 fully saturated rings. The number of hydrogen-bond acceptors (Lipinski definition) is 21. The summed E-state index contributed by atoms with van der Waals surface area (Å²) in [6, 6.07) is 29.8. The smallest absolute Gasteiger partial charge is 0.203 e. The van der Waals surface area contributed by atoms with Crippen molar-refractivity contribution >= 4 is 0 Å². The largest absolute Gasteiger partial charge is 0.504 e. The van der Waals surface area contributed by atoms with Gasteiger partial charge in [0.05, 0.1) is 111 Å². The quantitative estimate of drug-likeness (QED) is 0.0436. The molecule has 0 heterocycles. The second kappa shape index (κ2) is 56.4. The number of ether oxygens (including phenoxy) is 12. The van der Waals surface area contributed by atoms with Gasteiger partial charge >= 0.3 is 0 Å². The molecule has 6 rings (SSSR count). The number of methoxy groups -OCH3 is 12. The molecule has 6 aromatic rings. The maximum atomic E-state index is 9.48. The summed E-state index contributed by atoms with van der Waals surface area (Å²) < 4.78 is 58.3. The highest BCUT2D eigenvalue weighted by Gasteiger charge is 2.12. The molecule has 0 amide bonds. The molecule has 9 N–H and O–H groups in total. The molecular weight excluding hydrogens is 1080 g/mol. The van der Waals surface area contributed by atoms with Crippen LogP contribution in [0.4, 0.5) is 0 Å². The molecule has 0 atom stereocenters. The third kappa shape index (κ3) is 35.9. The van der Waals surface area contributed by atoms with Crippen molar-refractivity contribution in [2.45, 2.75) is 74.3 Å². The normalized spacial score (nSPS) is 8.90. The van der Waals surface area contributed by atoms with Gasteiger partial charge in [-0.3, -0.25) is 0 Å². The van der Waals surface area contributed by atoms with Crippen LogP contribution in [-0.4, -0.2) is 153 Å². The Kier molecular flexibility index (Phi) is 57.4. The number of aliphatic hydroxyl groups excluding tert-OH is 7. The molecule has 0 spiro atoms. The van der Waals surface area contributed by atoms with Crippen molar-refractivity contribution in [3.05, 3.63) is 142 Å². The van der Waals surface area contributed by atoms with E-state index in [4.69, 9.17) is 83.1 Å². The van der Waals surface area contributed by atoms with Crippen LogP contribution in [0.3, 0.4) is 0 Å². The van der Waals surface area contributed by atoms with Crippen molar-refractivity contribution in [1.29, 1.82) is 0 Å². The predicted molar refractivity (Wildman–Crippen MR) is 324 cm³/mol. The van der Waals surface area contributed by atoms with Crippen molar-refractivity contribution in [3.63, 3.8) is 0 Å². The van der Waals surface area contributed by atoms with Gasteiger partial charge in [0.1, 0.15) is 23.0 Å². The van der Waals surface area contributed by atoms with Crippen LogP contribution in [-0.2, 0) is 49.1 Å². The van der Waals surface area contributed by atoms with Crippen molar-refractivity contribution < 1.29 is 103 Å². The molecule has 21 heteroatoms. The lowest BCUT2D eigenvalue weighted by atomic mass is 10.1. The molecule has 6 aromatic carbocycles. The van der Waals surface area contributed by atoms with E-state index in [1.165, 1.54) is 34.5 Å². The molecule has 21 nitrogen and oxygen atoms in total. The third-order valence-corrected chi connectivity index (χ3v) is 9.56. The minimum atomic E-state index is -0.145. The Balaban J connectivity index is -0.000000283. The first-order chi connectivity index (χ1) is 40.0.